The number of epoxide rings is 1. The number of esters is 1. The van der Waals surface area contributed by atoms with Crippen molar-refractivity contribution in [3.63, 3.8) is 0 Å². The molecule has 3 fully saturated rings. The maximum Gasteiger partial charge on any atom is 0.338 e. The molecule has 13 nitrogen and oxygen atoms in total. The summed E-state index contributed by atoms with van der Waals surface area (Å²) in [6, 6.07) is 4.02. The van der Waals surface area contributed by atoms with Gasteiger partial charge in [-0.25, -0.2) is 4.79 Å². The largest absolute Gasteiger partial charge is 0.504 e. The summed E-state index contributed by atoms with van der Waals surface area (Å²) in [4.78, 5) is 12.9. The summed E-state index contributed by atoms with van der Waals surface area (Å²) in [6.07, 6.45) is -7.19. The van der Waals surface area contributed by atoms with Gasteiger partial charge >= 0.3 is 5.97 Å². The molecule has 13 heteroatoms. The minimum Gasteiger partial charge on any atom is -0.504 e. The van der Waals surface area contributed by atoms with Crippen LogP contribution in [0.5, 0.6) is 11.5 Å². The van der Waals surface area contributed by atoms with Crippen LogP contribution in [-0.4, -0.2) is 112 Å². The molecule has 1 aliphatic carbocycles. The first-order valence-corrected chi connectivity index (χ1v) is 11.4. The highest BCUT2D eigenvalue weighted by Crippen LogP contribution is 2.60. The lowest BCUT2D eigenvalue weighted by molar-refractivity contribution is -0.344. The zero-order valence-electron chi connectivity index (χ0n) is 19.1. The van der Waals surface area contributed by atoms with Gasteiger partial charge in [0.05, 0.1) is 38.1 Å². The number of methoxy groups -OCH3 is 1. The van der Waals surface area contributed by atoms with E-state index in [1.54, 1.807) is 6.08 Å². The topological polar surface area (TPSA) is 197 Å². The Morgan fingerprint density at radius 2 is 1.89 bits per heavy atom. The summed E-state index contributed by atoms with van der Waals surface area (Å²) in [6.45, 7) is -1.07. The van der Waals surface area contributed by atoms with Crippen molar-refractivity contribution >= 4 is 5.97 Å². The Morgan fingerprint density at radius 1 is 1.11 bits per heavy atom. The summed E-state index contributed by atoms with van der Waals surface area (Å²) in [5, 5.41) is 59.8. The molecule has 1 aromatic carbocycles. The van der Waals surface area contributed by atoms with Crippen LogP contribution in [0.15, 0.2) is 30.5 Å². The minimum atomic E-state index is -1.66. The zero-order valence-corrected chi connectivity index (χ0v) is 19.1. The second-order valence-electron chi connectivity index (χ2n) is 9.18. The van der Waals surface area contributed by atoms with Crippen LogP contribution in [0, 0.1) is 11.8 Å². The molecule has 198 valence electrons. The number of aromatic hydroxyl groups is 1. The summed E-state index contributed by atoms with van der Waals surface area (Å²) in [7, 11) is 1.35. The fourth-order valence-electron chi connectivity index (χ4n) is 5.28. The molecule has 0 unspecified atom stereocenters. The quantitative estimate of drug-likeness (QED) is 0.173. The van der Waals surface area contributed by atoms with E-state index in [2.05, 4.69) is 0 Å². The first-order valence-electron chi connectivity index (χ1n) is 11.4. The van der Waals surface area contributed by atoms with E-state index in [1.807, 2.05) is 0 Å². The summed E-state index contributed by atoms with van der Waals surface area (Å²) < 4.78 is 33.4. The number of aliphatic hydroxyl groups is 5. The monoisotopic (exact) mass is 512 g/mol. The third-order valence-corrected chi connectivity index (χ3v) is 7.26. The summed E-state index contributed by atoms with van der Waals surface area (Å²) in [5.41, 5.74) is -1.03. The van der Waals surface area contributed by atoms with Gasteiger partial charge in [-0.15, -0.1) is 0 Å². The molecule has 0 aromatic heterocycles. The number of phenolic OH excluding ortho intramolecular Hbond substituents is 1. The molecule has 0 amide bonds. The number of hydrogen-bond donors (Lipinski definition) is 6. The van der Waals surface area contributed by atoms with Gasteiger partial charge in [0.25, 0.3) is 0 Å². The molecular weight excluding hydrogens is 484 g/mol. The van der Waals surface area contributed by atoms with Gasteiger partial charge in [-0.1, -0.05) is 0 Å². The van der Waals surface area contributed by atoms with Crippen LogP contribution in [0.2, 0.25) is 0 Å². The molecular formula is C23H28O13. The SMILES string of the molecule is COc1cc(C(=O)O[C@H]2[C@H]3C=CO[C@H](O[C@@H]4O[C@H](CO)[C@@H](O)[C@@H](O)[C@H]4O)[C@@H]3[C@@]3(CO)O[C@H]23)ccc1O. The van der Waals surface area contributed by atoms with E-state index in [9.17, 15) is 35.4 Å². The van der Waals surface area contributed by atoms with Crippen LogP contribution >= 0.6 is 0 Å². The van der Waals surface area contributed by atoms with Crippen molar-refractivity contribution in [2.45, 2.75) is 54.8 Å². The van der Waals surface area contributed by atoms with Gasteiger partial charge in [0.1, 0.15) is 42.2 Å². The van der Waals surface area contributed by atoms with Crippen LogP contribution in [0.4, 0.5) is 0 Å². The molecule has 3 heterocycles. The first-order chi connectivity index (χ1) is 17.2. The highest BCUT2D eigenvalue weighted by Gasteiger charge is 2.77. The Bertz CT molecular complexity index is 1010. The average molecular weight is 512 g/mol. The van der Waals surface area contributed by atoms with Crippen molar-refractivity contribution < 1.29 is 63.9 Å². The van der Waals surface area contributed by atoms with Gasteiger partial charge in [-0.3, -0.25) is 0 Å². The Kier molecular flexibility index (Phi) is 6.59. The third-order valence-electron chi connectivity index (χ3n) is 7.26. The van der Waals surface area contributed by atoms with Crippen molar-refractivity contribution in [1.82, 2.24) is 0 Å². The van der Waals surface area contributed by atoms with Gasteiger partial charge in [0.2, 0.25) is 6.29 Å². The first kappa shape index (κ1) is 25.2. The predicted octanol–water partition coefficient (Wildman–Crippen LogP) is -2.01. The van der Waals surface area contributed by atoms with Crippen LogP contribution in [-0.2, 0) is 23.7 Å². The number of aliphatic hydroxyl groups excluding tert-OH is 5. The Balaban J connectivity index is 1.35. The van der Waals surface area contributed by atoms with Crippen LogP contribution in [0.1, 0.15) is 10.4 Å². The van der Waals surface area contributed by atoms with Gasteiger partial charge in [-0.2, -0.15) is 0 Å². The Hall–Kier alpha value is -2.49. The summed E-state index contributed by atoms with van der Waals surface area (Å²) in [5.74, 6) is -1.95. The molecule has 36 heavy (non-hydrogen) atoms. The van der Waals surface area contributed by atoms with Gasteiger partial charge in [0, 0.05) is 5.92 Å². The van der Waals surface area contributed by atoms with Crippen molar-refractivity contribution in [1.29, 1.82) is 0 Å². The number of fused-ring (bicyclic) bond motifs is 3. The van der Waals surface area contributed by atoms with E-state index in [0.29, 0.717) is 0 Å². The molecule has 0 radical (unpaired) electrons. The molecule has 0 bridgehead atoms. The number of phenols is 1. The third kappa shape index (κ3) is 3.92. The van der Waals surface area contributed by atoms with Gasteiger partial charge in [-0.05, 0) is 24.3 Å². The number of hydrogen-bond acceptors (Lipinski definition) is 13. The van der Waals surface area contributed by atoms with E-state index in [0.717, 1.165) is 0 Å². The molecule has 0 spiro atoms. The molecule has 3 aliphatic heterocycles. The summed E-state index contributed by atoms with van der Waals surface area (Å²) >= 11 is 0. The molecule has 4 aliphatic rings. The molecule has 1 saturated carbocycles. The van der Waals surface area contributed by atoms with Gasteiger partial charge < -0.3 is 59.1 Å². The van der Waals surface area contributed by atoms with Crippen LogP contribution in [0.25, 0.3) is 0 Å². The van der Waals surface area contributed by atoms with Crippen molar-refractivity contribution in [3.05, 3.63) is 36.1 Å². The zero-order chi connectivity index (χ0) is 25.8. The highest BCUT2D eigenvalue weighted by atomic mass is 16.8. The fraction of sp³-hybridized carbons (Fsp3) is 0.609. The second kappa shape index (κ2) is 9.43. The number of benzene rings is 1. The molecule has 2 saturated heterocycles. The van der Waals surface area contributed by atoms with Gasteiger partial charge in [0.15, 0.2) is 17.8 Å². The molecule has 1 aromatic rings. The fourth-order valence-corrected chi connectivity index (χ4v) is 5.28. The molecule has 5 rings (SSSR count). The molecule has 11 atom stereocenters. The van der Waals surface area contributed by atoms with Crippen molar-refractivity contribution in [3.8, 4) is 11.5 Å². The normalized spacial score (nSPS) is 42.7. The van der Waals surface area contributed by atoms with Crippen molar-refractivity contribution in [2.24, 2.45) is 11.8 Å². The van der Waals surface area contributed by atoms with Crippen LogP contribution in [0.3, 0.4) is 0 Å². The highest BCUT2D eigenvalue weighted by molar-refractivity contribution is 5.90. The van der Waals surface area contributed by atoms with Crippen molar-refractivity contribution in [2.75, 3.05) is 20.3 Å². The smallest absolute Gasteiger partial charge is 0.338 e. The average Bonchev–Trinajstić information content (AvgIpc) is 3.56. The second-order valence-corrected chi connectivity index (χ2v) is 9.18. The number of rotatable bonds is 7. The maximum atomic E-state index is 12.9. The lowest BCUT2D eigenvalue weighted by Gasteiger charge is -2.43. The van der Waals surface area contributed by atoms with E-state index in [-0.39, 0.29) is 17.1 Å². The number of ether oxygens (including phenoxy) is 6. The van der Waals surface area contributed by atoms with E-state index in [4.69, 9.17) is 28.4 Å². The predicted molar refractivity (Wildman–Crippen MR) is 114 cm³/mol. The maximum absolute atomic E-state index is 12.9. The Labute approximate surface area is 205 Å². The van der Waals surface area contributed by atoms with E-state index < -0.39 is 85.8 Å². The van der Waals surface area contributed by atoms with E-state index >= 15 is 0 Å². The number of carbonyl (C=O) groups is 1. The molecule has 6 N–H and O–H groups in total. The van der Waals surface area contributed by atoms with E-state index in [1.165, 1.54) is 31.6 Å². The minimum absolute atomic E-state index is 0.0973. The lowest BCUT2D eigenvalue weighted by Crippen LogP contribution is -2.60. The lowest BCUT2D eigenvalue weighted by atomic mass is 9.85. The standard InChI is InChI=1S/C23H28O13/c1-31-12-6-9(2-3-11(12)26)20(30)34-18-10-4-5-32-21(14(10)23(8-25)19(18)36-23)35-22-17(29)16(28)15(27)13(7-24)33-22/h2-6,10,13-19,21-22,24-29H,7-8H2,1H3/t10-,13+,14+,15+,16+,17+,18-,19+,21+,22-,23+/m0/s1. The Morgan fingerprint density at radius 3 is 2.58 bits per heavy atom. The van der Waals surface area contributed by atoms with Crippen LogP contribution < -0.4 is 4.74 Å². The number of carbonyl (C=O) groups excluding carboxylic acids is 1.